The number of rotatable bonds is 1. The fourth-order valence-electron chi connectivity index (χ4n) is 1.11. The molecule has 4 heteroatoms. The van der Waals surface area contributed by atoms with Gasteiger partial charge in [0.1, 0.15) is 5.65 Å². The van der Waals surface area contributed by atoms with E-state index in [0.29, 0.717) is 16.2 Å². The third-order valence-corrected chi connectivity index (χ3v) is 1.82. The number of hydrogen-bond donors (Lipinski definition) is 0. The van der Waals surface area contributed by atoms with Crippen LogP contribution in [0.5, 0.6) is 0 Å². The van der Waals surface area contributed by atoms with E-state index in [9.17, 15) is 4.79 Å². The lowest BCUT2D eigenvalue weighted by atomic mass is 10.3. The Hall–Kier alpha value is -1.35. The van der Waals surface area contributed by atoms with E-state index >= 15 is 0 Å². The molecule has 0 fully saturated rings. The molecule has 0 aliphatic carbocycles. The normalized spacial score (nSPS) is 10.4. The molecule has 2 rings (SSSR count). The van der Waals surface area contributed by atoms with Gasteiger partial charge in [-0.1, -0.05) is 11.6 Å². The summed E-state index contributed by atoms with van der Waals surface area (Å²) in [5, 5.41) is 0.530. The van der Waals surface area contributed by atoms with Crippen molar-refractivity contribution in [2.24, 2.45) is 0 Å². The van der Waals surface area contributed by atoms with Gasteiger partial charge in [-0.25, -0.2) is 4.98 Å². The van der Waals surface area contributed by atoms with Gasteiger partial charge in [0.25, 0.3) is 0 Å². The van der Waals surface area contributed by atoms with Gasteiger partial charge in [0.05, 0.1) is 10.6 Å². The molecule has 0 N–H and O–H groups in total. The lowest BCUT2D eigenvalue weighted by molar-refractivity contribution is 0.112. The van der Waals surface area contributed by atoms with Crippen molar-refractivity contribution in [3.63, 3.8) is 0 Å². The number of nitrogens with zero attached hydrogens (tertiary/aromatic N) is 2. The number of halogens is 1. The van der Waals surface area contributed by atoms with Crippen molar-refractivity contribution in [1.82, 2.24) is 9.38 Å². The molecule has 0 atom stereocenters. The van der Waals surface area contributed by atoms with Crippen LogP contribution in [0.25, 0.3) is 5.65 Å². The molecule has 0 unspecified atom stereocenters. The van der Waals surface area contributed by atoms with Gasteiger partial charge >= 0.3 is 0 Å². The number of aldehydes is 1. The van der Waals surface area contributed by atoms with Gasteiger partial charge in [-0.3, -0.25) is 4.79 Å². The van der Waals surface area contributed by atoms with Gasteiger partial charge in [-0.15, -0.1) is 0 Å². The third-order valence-electron chi connectivity index (χ3n) is 1.61. The van der Waals surface area contributed by atoms with E-state index in [2.05, 4.69) is 4.98 Å². The van der Waals surface area contributed by atoms with Gasteiger partial charge in [-0.2, -0.15) is 0 Å². The molecule has 0 bridgehead atoms. The zero-order valence-corrected chi connectivity index (χ0v) is 6.82. The van der Waals surface area contributed by atoms with Crippen LogP contribution in [0.1, 0.15) is 10.4 Å². The summed E-state index contributed by atoms with van der Waals surface area (Å²) in [5.74, 6) is 0. The highest BCUT2D eigenvalue weighted by Crippen LogP contribution is 2.13. The summed E-state index contributed by atoms with van der Waals surface area (Å²) in [5.41, 5.74) is 1.14. The number of hydrogen-bond acceptors (Lipinski definition) is 2. The monoisotopic (exact) mass is 180 g/mol. The summed E-state index contributed by atoms with van der Waals surface area (Å²) >= 11 is 5.75. The van der Waals surface area contributed by atoms with Crippen LogP contribution in [-0.2, 0) is 0 Å². The predicted molar refractivity (Wildman–Crippen MR) is 45.6 cm³/mol. The fourth-order valence-corrected chi connectivity index (χ4v) is 1.33. The number of carbonyl (C=O) groups is 1. The van der Waals surface area contributed by atoms with Crippen LogP contribution >= 0.6 is 11.6 Å². The molecule has 0 amide bonds. The Morgan fingerprint density at radius 2 is 2.42 bits per heavy atom. The van der Waals surface area contributed by atoms with Crippen LogP contribution in [0.3, 0.4) is 0 Å². The second kappa shape index (κ2) is 2.60. The lowest BCUT2D eigenvalue weighted by Crippen LogP contribution is -1.89. The summed E-state index contributed by atoms with van der Waals surface area (Å²) in [6.45, 7) is 0. The van der Waals surface area contributed by atoms with Crippen molar-refractivity contribution in [1.29, 1.82) is 0 Å². The van der Waals surface area contributed by atoms with E-state index in [4.69, 9.17) is 11.6 Å². The van der Waals surface area contributed by atoms with Crippen molar-refractivity contribution < 1.29 is 4.79 Å². The van der Waals surface area contributed by atoms with Crippen LogP contribution in [0.2, 0.25) is 5.02 Å². The van der Waals surface area contributed by atoms with Crippen molar-refractivity contribution >= 4 is 23.5 Å². The second-order valence-electron chi connectivity index (χ2n) is 2.39. The average Bonchev–Trinajstić information content (AvgIpc) is 2.50. The molecule has 0 saturated heterocycles. The van der Waals surface area contributed by atoms with E-state index < -0.39 is 0 Å². The van der Waals surface area contributed by atoms with Crippen molar-refractivity contribution in [3.8, 4) is 0 Å². The maximum atomic E-state index is 10.6. The van der Waals surface area contributed by atoms with Crippen molar-refractivity contribution in [3.05, 3.63) is 35.2 Å². The van der Waals surface area contributed by atoms with E-state index in [-0.39, 0.29) is 0 Å². The summed E-state index contributed by atoms with van der Waals surface area (Å²) in [6.07, 6.45) is 5.82. The summed E-state index contributed by atoms with van der Waals surface area (Å²) in [6, 6.07) is 1.59. The number of aromatic nitrogens is 2. The van der Waals surface area contributed by atoms with Gasteiger partial charge in [-0.05, 0) is 6.07 Å². The molecule has 0 spiro atoms. The van der Waals surface area contributed by atoms with Gasteiger partial charge in [0.15, 0.2) is 6.29 Å². The first-order valence-electron chi connectivity index (χ1n) is 3.38. The Morgan fingerprint density at radius 1 is 1.58 bits per heavy atom. The van der Waals surface area contributed by atoms with E-state index in [1.54, 1.807) is 29.1 Å². The third kappa shape index (κ3) is 0.987. The molecular weight excluding hydrogens is 176 g/mol. The van der Waals surface area contributed by atoms with Gasteiger partial charge in [0.2, 0.25) is 0 Å². The predicted octanol–water partition coefficient (Wildman–Crippen LogP) is 1.80. The number of carbonyl (C=O) groups excluding carboxylic acids is 1. The van der Waals surface area contributed by atoms with Crippen LogP contribution < -0.4 is 0 Å². The minimum atomic E-state index is 0.507. The largest absolute Gasteiger partial charge is 0.305 e. The first-order valence-corrected chi connectivity index (χ1v) is 3.76. The molecule has 60 valence electrons. The Bertz CT molecular complexity index is 436. The van der Waals surface area contributed by atoms with Crippen LogP contribution in [0.4, 0.5) is 0 Å². The highest BCUT2D eigenvalue weighted by Gasteiger charge is 2.02. The zero-order chi connectivity index (χ0) is 8.55. The first kappa shape index (κ1) is 7.31. The Morgan fingerprint density at radius 3 is 3.17 bits per heavy atom. The number of imidazole rings is 1. The van der Waals surface area contributed by atoms with Gasteiger partial charge in [0, 0.05) is 18.6 Å². The molecule has 0 radical (unpaired) electrons. The SMILES string of the molecule is O=Cc1cc(Cl)cn2ccnc12. The van der Waals surface area contributed by atoms with E-state index in [1.165, 1.54) is 0 Å². The molecule has 3 nitrogen and oxygen atoms in total. The van der Waals surface area contributed by atoms with E-state index in [0.717, 1.165) is 6.29 Å². The molecule has 2 heterocycles. The highest BCUT2D eigenvalue weighted by atomic mass is 35.5. The molecule has 2 aromatic rings. The second-order valence-corrected chi connectivity index (χ2v) is 2.83. The molecule has 0 aromatic carbocycles. The summed E-state index contributed by atoms with van der Waals surface area (Å²) < 4.78 is 1.71. The molecule has 0 aliphatic rings. The Balaban J connectivity index is 2.88. The first-order chi connectivity index (χ1) is 5.81. The number of fused-ring (bicyclic) bond motifs is 1. The fraction of sp³-hybridized carbons (Fsp3) is 0. The van der Waals surface area contributed by atoms with Crippen LogP contribution in [-0.4, -0.2) is 15.7 Å². The van der Waals surface area contributed by atoms with Crippen molar-refractivity contribution in [2.45, 2.75) is 0 Å². The molecule has 12 heavy (non-hydrogen) atoms. The highest BCUT2D eigenvalue weighted by molar-refractivity contribution is 6.30. The molecule has 0 aliphatic heterocycles. The maximum Gasteiger partial charge on any atom is 0.153 e. The average molecular weight is 181 g/mol. The Labute approximate surface area is 73.6 Å². The van der Waals surface area contributed by atoms with E-state index in [1.807, 2.05) is 0 Å². The topological polar surface area (TPSA) is 34.4 Å². The minimum Gasteiger partial charge on any atom is -0.305 e. The lowest BCUT2D eigenvalue weighted by Gasteiger charge is -1.96. The minimum absolute atomic E-state index is 0.507. The molecular formula is C8H5ClN2O. The smallest absolute Gasteiger partial charge is 0.153 e. The quantitative estimate of drug-likeness (QED) is 0.628. The van der Waals surface area contributed by atoms with Crippen molar-refractivity contribution in [2.75, 3.05) is 0 Å². The summed E-state index contributed by atoms with van der Waals surface area (Å²) in [7, 11) is 0. The summed E-state index contributed by atoms with van der Waals surface area (Å²) in [4.78, 5) is 14.6. The zero-order valence-electron chi connectivity index (χ0n) is 6.07. The van der Waals surface area contributed by atoms with Crippen LogP contribution in [0.15, 0.2) is 24.7 Å². The molecule has 0 saturated carbocycles. The standard InChI is InChI=1S/C8H5ClN2O/c9-7-3-6(5-12)8-10-1-2-11(8)4-7/h1-5H. The Kier molecular flexibility index (Phi) is 1.59. The van der Waals surface area contributed by atoms with Crippen LogP contribution in [0, 0.1) is 0 Å². The number of pyridine rings is 1. The maximum absolute atomic E-state index is 10.6. The van der Waals surface area contributed by atoms with Gasteiger partial charge < -0.3 is 4.40 Å². The molecule has 2 aromatic heterocycles.